The van der Waals surface area contributed by atoms with E-state index >= 15 is 0 Å². The summed E-state index contributed by atoms with van der Waals surface area (Å²) >= 11 is 0. The summed E-state index contributed by atoms with van der Waals surface area (Å²) in [6.07, 6.45) is 7.14. The molecule has 1 saturated heterocycles. The molecule has 4 heterocycles. The molecule has 0 aliphatic carbocycles. The Labute approximate surface area is 174 Å². The predicted molar refractivity (Wildman–Crippen MR) is 109 cm³/mol. The second-order valence-corrected chi connectivity index (χ2v) is 7.38. The van der Waals surface area contributed by atoms with Crippen molar-refractivity contribution in [3.8, 4) is 0 Å². The van der Waals surface area contributed by atoms with Crippen LogP contribution >= 0.6 is 0 Å². The fraction of sp³-hybridized carbons (Fsp3) is 0.333. The van der Waals surface area contributed by atoms with E-state index < -0.39 is 6.04 Å². The molecular formula is C21H23N7O2. The zero-order chi connectivity index (χ0) is 21.1. The average molecular weight is 405 g/mol. The van der Waals surface area contributed by atoms with Crippen molar-refractivity contribution in [1.82, 2.24) is 34.9 Å². The number of hydrogen-bond acceptors (Lipinski definition) is 6. The van der Waals surface area contributed by atoms with Gasteiger partial charge < -0.3 is 9.80 Å². The van der Waals surface area contributed by atoms with E-state index in [0.29, 0.717) is 48.8 Å². The van der Waals surface area contributed by atoms with Gasteiger partial charge in [-0.15, -0.1) is 0 Å². The molecule has 1 aliphatic heterocycles. The number of aromatic amines is 1. The number of hydrogen-bond donors (Lipinski definition) is 1. The highest BCUT2D eigenvalue weighted by Gasteiger charge is 2.34. The van der Waals surface area contributed by atoms with E-state index in [-0.39, 0.29) is 11.8 Å². The Hall–Kier alpha value is -3.62. The van der Waals surface area contributed by atoms with Crippen molar-refractivity contribution in [3.63, 3.8) is 0 Å². The number of carbonyl (C=O) groups excluding carboxylic acids is 2. The van der Waals surface area contributed by atoms with E-state index in [1.54, 1.807) is 46.7 Å². The molecule has 0 saturated carbocycles. The van der Waals surface area contributed by atoms with Crippen molar-refractivity contribution in [2.45, 2.75) is 26.3 Å². The topological polar surface area (TPSA) is 108 Å². The maximum absolute atomic E-state index is 13.3. The molecule has 154 valence electrons. The summed E-state index contributed by atoms with van der Waals surface area (Å²) in [6, 6.07) is 4.75. The van der Waals surface area contributed by atoms with Crippen molar-refractivity contribution in [2.24, 2.45) is 0 Å². The molecule has 0 radical (unpaired) electrons. The van der Waals surface area contributed by atoms with Gasteiger partial charge >= 0.3 is 0 Å². The summed E-state index contributed by atoms with van der Waals surface area (Å²) in [7, 11) is 0. The lowest BCUT2D eigenvalue weighted by atomic mass is 10.1. The highest BCUT2D eigenvalue weighted by Crippen LogP contribution is 2.25. The average Bonchev–Trinajstić information content (AvgIpc) is 3.07. The van der Waals surface area contributed by atoms with Gasteiger partial charge in [-0.25, -0.2) is 4.98 Å². The van der Waals surface area contributed by atoms with Gasteiger partial charge in [0, 0.05) is 50.0 Å². The minimum absolute atomic E-state index is 0.110. The third-order valence-electron chi connectivity index (χ3n) is 5.11. The van der Waals surface area contributed by atoms with Gasteiger partial charge in [-0.2, -0.15) is 5.10 Å². The third kappa shape index (κ3) is 4.05. The van der Waals surface area contributed by atoms with Crippen LogP contribution in [0, 0.1) is 13.8 Å². The van der Waals surface area contributed by atoms with Crippen LogP contribution in [-0.4, -0.2) is 66.4 Å². The highest BCUT2D eigenvalue weighted by molar-refractivity contribution is 5.95. The normalized spacial score (nSPS) is 16.9. The molecule has 1 atom stereocenters. The summed E-state index contributed by atoms with van der Waals surface area (Å²) in [6.45, 7) is 5.05. The monoisotopic (exact) mass is 405 g/mol. The largest absolute Gasteiger partial charge is 0.336 e. The number of aryl methyl sites for hydroxylation is 2. The van der Waals surface area contributed by atoms with E-state index in [1.165, 1.54) is 0 Å². The van der Waals surface area contributed by atoms with Crippen LogP contribution in [0.15, 0.2) is 43.0 Å². The van der Waals surface area contributed by atoms with Crippen molar-refractivity contribution >= 4 is 11.8 Å². The van der Waals surface area contributed by atoms with Crippen molar-refractivity contribution in [1.29, 1.82) is 0 Å². The highest BCUT2D eigenvalue weighted by atomic mass is 16.2. The zero-order valence-electron chi connectivity index (χ0n) is 16.9. The van der Waals surface area contributed by atoms with Gasteiger partial charge in [0.25, 0.3) is 11.8 Å². The summed E-state index contributed by atoms with van der Waals surface area (Å²) in [5.41, 5.74) is 2.00. The minimum Gasteiger partial charge on any atom is -0.336 e. The maximum Gasteiger partial charge on any atom is 0.255 e. The van der Waals surface area contributed by atoms with Crippen LogP contribution in [0.2, 0.25) is 0 Å². The maximum atomic E-state index is 13.3. The first-order valence-electron chi connectivity index (χ1n) is 9.84. The molecule has 3 aromatic rings. The first kappa shape index (κ1) is 19.7. The first-order valence-corrected chi connectivity index (χ1v) is 9.84. The number of nitrogens with one attached hydrogen (secondary N) is 1. The fourth-order valence-corrected chi connectivity index (χ4v) is 3.66. The Morgan fingerprint density at radius 2 is 1.83 bits per heavy atom. The fourth-order valence-electron chi connectivity index (χ4n) is 3.66. The summed E-state index contributed by atoms with van der Waals surface area (Å²) < 4.78 is 0. The smallest absolute Gasteiger partial charge is 0.255 e. The van der Waals surface area contributed by atoms with Crippen LogP contribution in [0.3, 0.4) is 0 Å². The summed E-state index contributed by atoms with van der Waals surface area (Å²) in [4.78, 5) is 42.5. The van der Waals surface area contributed by atoms with E-state index in [2.05, 4.69) is 25.1 Å². The lowest BCUT2D eigenvalue weighted by molar-refractivity contribution is 0.0622. The van der Waals surface area contributed by atoms with Crippen LogP contribution in [0.5, 0.6) is 0 Å². The molecule has 1 N–H and O–H groups in total. The van der Waals surface area contributed by atoms with Crippen LogP contribution < -0.4 is 0 Å². The number of H-pyrrole nitrogens is 1. The number of amides is 2. The molecule has 1 fully saturated rings. The molecule has 9 nitrogen and oxygen atoms in total. The Bertz CT molecular complexity index is 1050. The van der Waals surface area contributed by atoms with Gasteiger partial charge in [-0.05, 0) is 44.0 Å². The van der Waals surface area contributed by atoms with E-state index in [4.69, 9.17) is 0 Å². The second-order valence-electron chi connectivity index (χ2n) is 7.38. The molecular weight excluding hydrogens is 382 g/mol. The second kappa shape index (κ2) is 8.40. The third-order valence-corrected chi connectivity index (χ3v) is 5.11. The van der Waals surface area contributed by atoms with Crippen LogP contribution in [-0.2, 0) is 0 Å². The molecule has 0 bridgehead atoms. The van der Waals surface area contributed by atoms with Crippen LogP contribution in [0.1, 0.15) is 50.4 Å². The SMILES string of the molecule is Cc1cncc(C(=O)N2CCCN(C(=O)c3ccncc3)C(c3n[nH]c(C)n3)C2)c1. The Balaban J connectivity index is 1.66. The molecule has 0 aromatic carbocycles. The van der Waals surface area contributed by atoms with Gasteiger partial charge in [0.2, 0.25) is 0 Å². The number of rotatable bonds is 3. The molecule has 3 aromatic heterocycles. The molecule has 1 unspecified atom stereocenters. The van der Waals surface area contributed by atoms with Gasteiger partial charge in [0.15, 0.2) is 5.82 Å². The molecule has 0 spiro atoms. The van der Waals surface area contributed by atoms with Crippen LogP contribution in [0.25, 0.3) is 0 Å². The molecule has 2 amide bonds. The molecule has 4 rings (SSSR count). The van der Waals surface area contributed by atoms with E-state index in [9.17, 15) is 9.59 Å². The van der Waals surface area contributed by atoms with Gasteiger partial charge in [-0.3, -0.25) is 24.7 Å². The van der Waals surface area contributed by atoms with Gasteiger partial charge in [0.05, 0.1) is 5.56 Å². The minimum atomic E-state index is -0.458. The Morgan fingerprint density at radius 1 is 1.03 bits per heavy atom. The quantitative estimate of drug-likeness (QED) is 0.713. The van der Waals surface area contributed by atoms with E-state index in [0.717, 1.165) is 5.56 Å². The van der Waals surface area contributed by atoms with Crippen LogP contribution in [0.4, 0.5) is 0 Å². The predicted octanol–water partition coefficient (Wildman–Crippen LogP) is 1.94. The molecule has 1 aliphatic rings. The van der Waals surface area contributed by atoms with E-state index in [1.807, 2.05) is 19.9 Å². The number of aromatic nitrogens is 5. The lowest BCUT2D eigenvalue weighted by Gasteiger charge is -2.30. The Morgan fingerprint density at radius 3 is 2.53 bits per heavy atom. The molecule has 9 heteroatoms. The first-order chi connectivity index (χ1) is 14.5. The number of nitrogens with zero attached hydrogens (tertiary/aromatic N) is 6. The lowest BCUT2D eigenvalue weighted by Crippen LogP contribution is -2.40. The molecule has 30 heavy (non-hydrogen) atoms. The summed E-state index contributed by atoms with van der Waals surface area (Å²) in [5.74, 6) is 0.918. The summed E-state index contributed by atoms with van der Waals surface area (Å²) in [5, 5.41) is 7.14. The van der Waals surface area contributed by atoms with Crippen molar-refractivity contribution in [3.05, 3.63) is 71.3 Å². The standard InChI is InChI=1S/C21H23N7O2/c1-14-10-17(12-23-11-14)20(29)27-8-3-9-28(21(30)16-4-6-22-7-5-16)18(13-27)19-24-15(2)25-26-19/h4-7,10-12,18H,3,8-9,13H2,1-2H3,(H,24,25,26). The van der Waals surface area contributed by atoms with Crippen molar-refractivity contribution < 1.29 is 9.59 Å². The number of carbonyl (C=O) groups is 2. The zero-order valence-corrected chi connectivity index (χ0v) is 16.9. The van der Waals surface area contributed by atoms with Crippen molar-refractivity contribution in [2.75, 3.05) is 19.6 Å². The van der Waals surface area contributed by atoms with Gasteiger partial charge in [-0.1, -0.05) is 0 Å². The number of pyridine rings is 2. The van der Waals surface area contributed by atoms with Gasteiger partial charge in [0.1, 0.15) is 11.9 Å². The Kier molecular flexibility index (Phi) is 5.51.